The van der Waals surface area contributed by atoms with E-state index in [9.17, 15) is 4.79 Å². The lowest BCUT2D eigenvalue weighted by atomic mass is 10.0. The number of halogens is 1. The topological polar surface area (TPSA) is 29.1 Å². The van der Waals surface area contributed by atoms with Crippen LogP contribution in [0, 0.1) is 17.8 Å². The molecule has 18 heavy (non-hydrogen) atoms. The molecule has 2 unspecified atom stereocenters. The average Bonchev–Trinajstić information content (AvgIpc) is 2.96. The summed E-state index contributed by atoms with van der Waals surface area (Å²) in [6.45, 7) is 0.713. The van der Waals surface area contributed by atoms with Crippen molar-refractivity contribution in [3.8, 4) is 0 Å². The molecular weight excluding hydrogens is 246 g/mol. The molecule has 3 rings (SSSR count). The maximum Gasteiger partial charge on any atom is 0.223 e. The Morgan fingerprint density at radius 1 is 1.28 bits per heavy atom. The van der Waals surface area contributed by atoms with Crippen LogP contribution in [0.5, 0.6) is 0 Å². The van der Waals surface area contributed by atoms with Gasteiger partial charge in [-0.1, -0.05) is 23.7 Å². The number of rotatable bonds is 4. The number of benzene rings is 1. The van der Waals surface area contributed by atoms with Crippen molar-refractivity contribution in [2.75, 3.05) is 6.54 Å². The maximum atomic E-state index is 11.9. The summed E-state index contributed by atoms with van der Waals surface area (Å²) in [5, 5.41) is 3.81. The van der Waals surface area contributed by atoms with E-state index in [1.54, 1.807) is 0 Å². The summed E-state index contributed by atoms with van der Waals surface area (Å²) >= 11 is 5.92. The fourth-order valence-electron chi connectivity index (χ4n) is 3.10. The van der Waals surface area contributed by atoms with Crippen LogP contribution in [0.2, 0.25) is 5.02 Å². The van der Waals surface area contributed by atoms with E-state index in [0.717, 1.165) is 36.1 Å². The second kappa shape index (κ2) is 4.93. The number of nitrogens with one attached hydrogen (secondary N) is 1. The van der Waals surface area contributed by atoms with Gasteiger partial charge in [-0.3, -0.25) is 4.79 Å². The van der Waals surface area contributed by atoms with Crippen molar-refractivity contribution >= 4 is 17.5 Å². The Labute approximate surface area is 113 Å². The van der Waals surface area contributed by atoms with Crippen LogP contribution in [-0.4, -0.2) is 12.5 Å². The zero-order valence-electron chi connectivity index (χ0n) is 10.4. The molecule has 2 fully saturated rings. The minimum atomic E-state index is 0.254. The Bertz CT molecular complexity index is 450. The molecule has 2 nitrogen and oxygen atoms in total. The number of carbonyl (C=O) groups is 1. The predicted molar refractivity (Wildman–Crippen MR) is 72.5 cm³/mol. The van der Waals surface area contributed by atoms with Crippen LogP contribution in [0.15, 0.2) is 24.3 Å². The van der Waals surface area contributed by atoms with Gasteiger partial charge < -0.3 is 5.32 Å². The normalized spacial score (nSPS) is 28.8. The highest BCUT2D eigenvalue weighted by atomic mass is 35.5. The SMILES string of the molecule is O=C(NCCc1cccc(Cl)c1)C1CC2CC2C1. The van der Waals surface area contributed by atoms with Gasteiger partial charge in [0.25, 0.3) is 0 Å². The Morgan fingerprint density at radius 3 is 2.78 bits per heavy atom. The third-order valence-corrected chi connectivity index (χ3v) is 4.45. The van der Waals surface area contributed by atoms with E-state index in [4.69, 9.17) is 11.6 Å². The summed E-state index contributed by atoms with van der Waals surface area (Å²) in [4.78, 5) is 11.9. The van der Waals surface area contributed by atoms with Gasteiger partial charge in [0, 0.05) is 17.5 Å². The molecule has 2 saturated carbocycles. The molecular formula is C15H18ClNO. The van der Waals surface area contributed by atoms with Gasteiger partial charge in [0.1, 0.15) is 0 Å². The molecule has 0 spiro atoms. The molecule has 0 bridgehead atoms. The molecule has 1 aromatic carbocycles. The van der Waals surface area contributed by atoms with Crippen LogP contribution in [0.3, 0.4) is 0 Å². The molecule has 1 N–H and O–H groups in total. The lowest BCUT2D eigenvalue weighted by Crippen LogP contribution is -2.31. The van der Waals surface area contributed by atoms with Crippen molar-refractivity contribution in [3.05, 3.63) is 34.9 Å². The summed E-state index contributed by atoms with van der Waals surface area (Å²) in [5.74, 6) is 2.28. The number of hydrogen-bond donors (Lipinski definition) is 1. The second-order valence-corrected chi connectivity index (χ2v) is 6.03. The van der Waals surface area contributed by atoms with Crippen molar-refractivity contribution in [2.45, 2.75) is 25.7 Å². The van der Waals surface area contributed by atoms with E-state index in [1.165, 1.54) is 12.0 Å². The molecule has 0 heterocycles. The van der Waals surface area contributed by atoms with Crippen LogP contribution in [0.1, 0.15) is 24.8 Å². The highest BCUT2D eigenvalue weighted by molar-refractivity contribution is 6.30. The minimum absolute atomic E-state index is 0.254. The number of amides is 1. The second-order valence-electron chi connectivity index (χ2n) is 5.60. The number of carbonyl (C=O) groups excluding carboxylic acids is 1. The van der Waals surface area contributed by atoms with Crippen LogP contribution >= 0.6 is 11.6 Å². The third kappa shape index (κ3) is 2.69. The van der Waals surface area contributed by atoms with Gasteiger partial charge in [0.2, 0.25) is 5.91 Å². The fourth-order valence-corrected chi connectivity index (χ4v) is 3.31. The fraction of sp³-hybridized carbons (Fsp3) is 0.533. The summed E-state index contributed by atoms with van der Waals surface area (Å²) in [6, 6.07) is 7.82. The van der Waals surface area contributed by atoms with Crippen molar-refractivity contribution in [2.24, 2.45) is 17.8 Å². The number of fused-ring (bicyclic) bond motifs is 1. The first-order valence-electron chi connectivity index (χ1n) is 6.74. The summed E-state index contributed by atoms with van der Waals surface area (Å²) in [6.07, 6.45) is 4.46. The first-order chi connectivity index (χ1) is 8.72. The molecule has 1 amide bonds. The molecule has 2 aliphatic carbocycles. The zero-order valence-corrected chi connectivity index (χ0v) is 11.1. The lowest BCUT2D eigenvalue weighted by molar-refractivity contribution is -0.125. The van der Waals surface area contributed by atoms with E-state index in [1.807, 2.05) is 24.3 Å². The molecule has 0 aliphatic heterocycles. The summed E-state index contributed by atoms with van der Waals surface area (Å²) in [5.41, 5.74) is 1.18. The van der Waals surface area contributed by atoms with E-state index in [-0.39, 0.29) is 11.8 Å². The van der Waals surface area contributed by atoms with Crippen molar-refractivity contribution in [1.29, 1.82) is 0 Å². The largest absolute Gasteiger partial charge is 0.356 e. The minimum Gasteiger partial charge on any atom is -0.356 e. The van der Waals surface area contributed by atoms with Gasteiger partial charge >= 0.3 is 0 Å². The van der Waals surface area contributed by atoms with E-state index in [0.29, 0.717) is 6.54 Å². The van der Waals surface area contributed by atoms with Crippen LogP contribution in [0.25, 0.3) is 0 Å². The van der Waals surface area contributed by atoms with Gasteiger partial charge in [-0.2, -0.15) is 0 Å². The first-order valence-corrected chi connectivity index (χ1v) is 7.12. The van der Waals surface area contributed by atoms with Gasteiger partial charge in [-0.15, -0.1) is 0 Å². The molecule has 0 aromatic heterocycles. The van der Waals surface area contributed by atoms with Crippen LogP contribution in [0.4, 0.5) is 0 Å². The average molecular weight is 264 g/mol. The maximum absolute atomic E-state index is 11.9. The van der Waals surface area contributed by atoms with E-state index in [2.05, 4.69) is 5.32 Å². The highest BCUT2D eigenvalue weighted by Gasteiger charge is 2.47. The highest BCUT2D eigenvalue weighted by Crippen LogP contribution is 2.54. The predicted octanol–water partition coefficient (Wildman–Crippen LogP) is 3.04. The quantitative estimate of drug-likeness (QED) is 0.889. The molecule has 0 radical (unpaired) electrons. The third-order valence-electron chi connectivity index (χ3n) is 4.22. The summed E-state index contributed by atoms with van der Waals surface area (Å²) in [7, 11) is 0. The standard InChI is InChI=1S/C15H18ClNO/c16-14-3-1-2-10(6-14)4-5-17-15(18)13-8-11-7-12(11)9-13/h1-3,6,11-13H,4-5,7-9H2,(H,17,18). The molecule has 2 aliphatic rings. The number of hydrogen-bond acceptors (Lipinski definition) is 1. The first kappa shape index (κ1) is 12.0. The van der Waals surface area contributed by atoms with E-state index < -0.39 is 0 Å². The van der Waals surface area contributed by atoms with Crippen molar-refractivity contribution < 1.29 is 4.79 Å². The van der Waals surface area contributed by atoms with Gasteiger partial charge in [-0.05, 0) is 55.2 Å². The Balaban J connectivity index is 1.43. The molecule has 96 valence electrons. The zero-order chi connectivity index (χ0) is 12.5. The smallest absolute Gasteiger partial charge is 0.223 e. The van der Waals surface area contributed by atoms with E-state index >= 15 is 0 Å². The van der Waals surface area contributed by atoms with Gasteiger partial charge in [-0.25, -0.2) is 0 Å². The Morgan fingerprint density at radius 2 is 2.06 bits per heavy atom. The van der Waals surface area contributed by atoms with Crippen molar-refractivity contribution in [3.63, 3.8) is 0 Å². The summed E-state index contributed by atoms with van der Waals surface area (Å²) < 4.78 is 0. The van der Waals surface area contributed by atoms with Crippen molar-refractivity contribution in [1.82, 2.24) is 5.32 Å². The Kier molecular flexibility index (Phi) is 3.29. The molecule has 3 heteroatoms. The van der Waals surface area contributed by atoms with Crippen LogP contribution < -0.4 is 5.32 Å². The molecule has 1 aromatic rings. The Hall–Kier alpha value is -1.02. The molecule has 2 atom stereocenters. The lowest BCUT2D eigenvalue weighted by Gasteiger charge is -2.12. The van der Waals surface area contributed by atoms with Gasteiger partial charge in [0.15, 0.2) is 0 Å². The monoisotopic (exact) mass is 263 g/mol. The van der Waals surface area contributed by atoms with Gasteiger partial charge in [0.05, 0.1) is 0 Å². The molecule has 0 saturated heterocycles. The van der Waals surface area contributed by atoms with Crippen LogP contribution in [-0.2, 0) is 11.2 Å².